The van der Waals surface area contributed by atoms with Gasteiger partial charge in [-0.15, -0.1) is 0 Å². The second-order valence-electron chi connectivity index (χ2n) is 6.63. The van der Waals surface area contributed by atoms with Gasteiger partial charge in [-0.2, -0.15) is 0 Å². The first-order valence-corrected chi connectivity index (χ1v) is 8.99. The Morgan fingerprint density at radius 1 is 1.23 bits per heavy atom. The van der Waals surface area contributed by atoms with Gasteiger partial charge in [0.1, 0.15) is 5.75 Å². The van der Waals surface area contributed by atoms with E-state index >= 15 is 0 Å². The van der Waals surface area contributed by atoms with Gasteiger partial charge in [-0.05, 0) is 47.7 Å². The molecule has 4 rings (SSSR count). The third-order valence-corrected chi connectivity index (χ3v) is 5.64. The van der Waals surface area contributed by atoms with Crippen molar-refractivity contribution < 1.29 is 14.3 Å². The minimum atomic E-state index is -0.335. The fourth-order valence-electron chi connectivity index (χ4n) is 4.13. The molecular weight excluding hydrogens is 350 g/mol. The minimum absolute atomic E-state index is 0.0861. The number of halogens is 1. The van der Waals surface area contributed by atoms with E-state index in [9.17, 15) is 4.79 Å². The molecule has 0 radical (unpaired) electrons. The lowest BCUT2D eigenvalue weighted by atomic mass is 9.75. The lowest BCUT2D eigenvalue weighted by Crippen LogP contribution is -2.30. The number of carbonyl (C=O) groups excluding carboxylic acids is 1. The maximum atomic E-state index is 12.3. The quantitative estimate of drug-likeness (QED) is 0.613. The zero-order valence-corrected chi connectivity index (χ0v) is 15.4. The Bertz CT molecular complexity index is 893. The fourth-order valence-corrected chi connectivity index (χ4v) is 4.35. The Kier molecular flexibility index (Phi) is 4.37. The van der Waals surface area contributed by atoms with Crippen LogP contribution in [-0.4, -0.2) is 20.2 Å². The van der Waals surface area contributed by atoms with Crippen LogP contribution in [0.1, 0.15) is 39.9 Å². The highest BCUT2D eigenvalue weighted by molar-refractivity contribution is 6.33. The molecule has 0 aromatic heterocycles. The van der Waals surface area contributed by atoms with E-state index in [4.69, 9.17) is 21.1 Å². The molecular formula is C21H20ClNO3. The van der Waals surface area contributed by atoms with Gasteiger partial charge in [0.05, 0.1) is 36.5 Å². The van der Waals surface area contributed by atoms with Gasteiger partial charge in [0.2, 0.25) is 0 Å². The number of nitrogens with one attached hydrogen (secondary N) is 1. The number of hydrogen-bond acceptors (Lipinski definition) is 4. The molecule has 0 spiro atoms. The number of esters is 1. The molecule has 3 atom stereocenters. The second-order valence-corrected chi connectivity index (χ2v) is 7.03. The molecule has 0 bridgehead atoms. The first-order valence-electron chi connectivity index (χ1n) is 8.62. The van der Waals surface area contributed by atoms with Crippen molar-refractivity contribution in [3.63, 3.8) is 0 Å². The fraction of sp³-hybridized carbons (Fsp3) is 0.286. The van der Waals surface area contributed by atoms with Crippen LogP contribution in [0.15, 0.2) is 48.6 Å². The Labute approximate surface area is 157 Å². The zero-order chi connectivity index (χ0) is 18.3. The molecule has 2 aromatic carbocycles. The molecule has 5 heteroatoms. The number of anilines is 1. The largest absolute Gasteiger partial charge is 0.497 e. The number of fused-ring (bicyclic) bond motifs is 3. The summed E-state index contributed by atoms with van der Waals surface area (Å²) in [5.41, 5.74) is 3.47. The van der Waals surface area contributed by atoms with Crippen LogP contribution in [0.3, 0.4) is 0 Å². The summed E-state index contributed by atoms with van der Waals surface area (Å²) in [7, 11) is 3.07. The van der Waals surface area contributed by atoms with Crippen LogP contribution >= 0.6 is 11.6 Å². The van der Waals surface area contributed by atoms with Crippen molar-refractivity contribution in [3.05, 3.63) is 70.3 Å². The number of ether oxygens (including phenoxy) is 2. The summed E-state index contributed by atoms with van der Waals surface area (Å²) in [6.07, 6.45) is 5.30. The molecule has 134 valence electrons. The van der Waals surface area contributed by atoms with Crippen LogP contribution in [0.25, 0.3) is 0 Å². The Balaban J connectivity index is 1.84. The number of hydrogen-bond donors (Lipinski definition) is 1. The van der Waals surface area contributed by atoms with Crippen molar-refractivity contribution in [2.75, 3.05) is 19.5 Å². The Hall–Kier alpha value is -2.46. The van der Waals surface area contributed by atoms with E-state index < -0.39 is 0 Å². The van der Waals surface area contributed by atoms with Crippen LogP contribution < -0.4 is 10.1 Å². The molecule has 1 aliphatic carbocycles. The SMILES string of the molecule is COC(=O)c1ccc(Cl)c2c1[C@@H]1C=CC[C@@H]1[C@H](c1cccc(OC)c1)N2. The average Bonchev–Trinajstić information content (AvgIpc) is 3.17. The summed E-state index contributed by atoms with van der Waals surface area (Å²) in [5.74, 6) is 0.914. The highest BCUT2D eigenvalue weighted by Crippen LogP contribution is 2.52. The molecule has 0 unspecified atom stereocenters. The second kappa shape index (κ2) is 6.69. The predicted molar refractivity (Wildman–Crippen MR) is 102 cm³/mol. The molecule has 2 aliphatic rings. The standard InChI is InChI=1S/C21H20ClNO3/c1-25-13-6-3-5-12(11-13)19-15-8-4-7-14(15)18-16(21(24)26-2)9-10-17(22)20(18)23-19/h3-7,9-11,14-15,19,23H,8H2,1-2H3/t14-,15+,19+/m1/s1. The minimum Gasteiger partial charge on any atom is -0.497 e. The summed E-state index contributed by atoms with van der Waals surface area (Å²) in [6, 6.07) is 11.7. The predicted octanol–water partition coefficient (Wildman–Crippen LogP) is 4.96. The van der Waals surface area contributed by atoms with Gasteiger partial charge in [0, 0.05) is 5.92 Å². The molecule has 0 saturated carbocycles. The van der Waals surface area contributed by atoms with E-state index in [0.29, 0.717) is 16.5 Å². The molecule has 1 heterocycles. The summed E-state index contributed by atoms with van der Waals surface area (Å²) in [6.45, 7) is 0. The average molecular weight is 370 g/mol. The van der Waals surface area contributed by atoms with Crippen molar-refractivity contribution >= 4 is 23.3 Å². The highest BCUT2D eigenvalue weighted by atomic mass is 35.5. The summed E-state index contributed by atoms with van der Waals surface area (Å²) < 4.78 is 10.4. The summed E-state index contributed by atoms with van der Waals surface area (Å²) >= 11 is 6.50. The van der Waals surface area contributed by atoms with Crippen LogP contribution in [-0.2, 0) is 4.74 Å². The number of rotatable bonds is 3. The number of allylic oxidation sites excluding steroid dienone is 2. The Morgan fingerprint density at radius 3 is 2.85 bits per heavy atom. The van der Waals surface area contributed by atoms with Gasteiger partial charge in [-0.25, -0.2) is 4.79 Å². The molecule has 26 heavy (non-hydrogen) atoms. The van der Waals surface area contributed by atoms with Crippen LogP contribution in [0.5, 0.6) is 5.75 Å². The van der Waals surface area contributed by atoms with Crippen LogP contribution in [0, 0.1) is 5.92 Å². The normalized spacial score (nSPS) is 23.0. The molecule has 1 aliphatic heterocycles. The molecule has 0 saturated heterocycles. The van der Waals surface area contributed by atoms with Gasteiger partial charge >= 0.3 is 5.97 Å². The monoisotopic (exact) mass is 369 g/mol. The molecule has 0 fully saturated rings. The smallest absolute Gasteiger partial charge is 0.338 e. The van der Waals surface area contributed by atoms with E-state index in [-0.39, 0.29) is 17.9 Å². The summed E-state index contributed by atoms with van der Waals surface area (Å²) in [5, 5.41) is 4.20. The van der Waals surface area contributed by atoms with E-state index in [1.54, 1.807) is 19.2 Å². The van der Waals surface area contributed by atoms with Crippen LogP contribution in [0.4, 0.5) is 5.69 Å². The summed E-state index contributed by atoms with van der Waals surface area (Å²) in [4.78, 5) is 12.3. The van der Waals surface area contributed by atoms with Crippen molar-refractivity contribution in [1.29, 1.82) is 0 Å². The van der Waals surface area contributed by atoms with Crippen molar-refractivity contribution in [2.24, 2.45) is 5.92 Å². The molecule has 2 aromatic rings. The molecule has 4 nitrogen and oxygen atoms in total. The number of methoxy groups -OCH3 is 2. The van der Waals surface area contributed by atoms with E-state index in [1.807, 2.05) is 12.1 Å². The molecule has 0 amide bonds. The van der Waals surface area contributed by atoms with E-state index in [1.165, 1.54) is 7.11 Å². The van der Waals surface area contributed by atoms with Crippen molar-refractivity contribution in [1.82, 2.24) is 0 Å². The van der Waals surface area contributed by atoms with Crippen molar-refractivity contribution in [2.45, 2.75) is 18.4 Å². The maximum Gasteiger partial charge on any atom is 0.338 e. The van der Waals surface area contributed by atoms with Gasteiger partial charge < -0.3 is 14.8 Å². The zero-order valence-electron chi connectivity index (χ0n) is 14.7. The first kappa shape index (κ1) is 17.0. The van der Waals surface area contributed by atoms with E-state index in [0.717, 1.165) is 29.0 Å². The van der Waals surface area contributed by atoms with Gasteiger partial charge in [0.15, 0.2) is 0 Å². The lowest BCUT2D eigenvalue weighted by molar-refractivity contribution is 0.0598. The third-order valence-electron chi connectivity index (χ3n) is 5.33. The number of carbonyl (C=O) groups is 1. The van der Waals surface area contributed by atoms with Gasteiger partial charge in [-0.1, -0.05) is 35.9 Å². The number of benzene rings is 2. The third kappa shape index (κ3) is 2.65. The van der Waals surface area contributed by atoms with Crippen molar-refractivity contribution in [3.8, 4) is 5.75 Å². The highest BCUT2D eigenvalue weighted by Gasteiger charge is 2.41. The molecule has 1 N–H and O–H groups in total. The topological polar surface area (TPSA) is 47.6 Å². The Morgan fingerprint density at radius 2 is 2.08 bits per heavy atom. The van der Waals surface area contributed by atoms with Crippen LogP contribution in [0.2, 0.25) is 5.02 Å². The maximum absolute atomic E-state index is 12.3. The van der Waals surface area contributed by atoms with Gasteiger partial charge in [-0.3, -0.25) is 0 Å². The van der Waals surface area contributed by atoms with Gasteiger partial charge in [0.25, 0.3) is 0 Å². The first-order chi connectivity index (χ1) is 12.6. The lowest BCUT2D eigenvalue weighted by Gasteiger charge is -2.38. The van der Waals surface area contributed by atoms with E-state index in [2.05, 4.69) is 29.6 Å².